The normalized spacial score (nSPS) is 12.5. The minimum absolute atomic E-state index is 0.00300. The predicted molar refractivity (Wildman–Crippen MR) is 74.2 cm³/mol. The van der Waals surface area contributed by atoms with E-state index < -0.39 is 0 Å². The fourth-order valence-electron chi connectivity index (χ4n) is 2.08. The van der Waals surface area contributed by atoms with Crippen LogP contribution in [0, 0.1) is 13.8 Å². The number of nitrogens with two attached hydrogens (primary N) is 1. The van der Waals surface area contributed by atoms with Gasteiger partial charge in [0.05, 0.1) is 13.7 Å². The molecule has 2 N–H and O–H groups in total. The summed E-state index contributed by atoms with van der Waals surface area (Å²) in [5.74, 6) is 2.52. The van der Waals surface area contributed by atoms with Crippen molar-refractivity contribution < 1.29 is 4.74 Å². The van der Waals surface area contributed by atoms with Crippen molar-refractivity contribution >= 4 is 0 Å². The Labute approximate surface area is 113 Å². The van der Waals surface area contributed by atoms with Crippen molar-refractivity contribution in [3.63, 3.8) is 0 Å². The highest BCUT2D eigenvalue weighted by atomic mass is 16.5. The molecule has 0 fully saturated rings. The van der Waals surface area contributed by atoms with Gasteiger partial charge in [-0.1, -0.05) is 6.07 Å². The Morgan fingerprint density at radius 1 is 1.37 bits per heavy atom. The molecule has 0 radical (unpaired) electrons. The van der Waals surface area contributed by atoms with E-state index in [1.54, 1.807) is 7.11 Å². The smallest absolute Gasteiger partial charge is 0.147 e. The van der Waals surface area contributed by atoms with Crippen molar-refractivity contribution in [3.05, 3.63) is 41.0 Å². The van der Waals surface area contributed by atoms with Crippen LogP contribution in [0.2, 0.25) is 0 Å². The number of nitrogens with zero attached hydrogens (tertiary/aromatic N) is 3. The number of hydrogen-bond donors (Lipinski definition) is 1. The fourth-order valence-corrected chi connectivity index (χ4v) is 2.08. The van der Waals surface area contributed by atoms with Gasteiger partial charge in [-0.25, -0.2) is 9.67 Å². The minimum Gasteiger partial charge on any atom is -0.496 e. The van der Waals surface area contributed by atoms with Crippen molar-refractivity contribution in [3.8, 4) is 5.75 Å². The van der Waals surface area contributed by atoms with Crippen LogP contribution in [0.3, 0.4) is 0 Å². The Morgan fingerprint density at radius 3 is 2.63 bits per heavy atom. The third-order valence-electron chi connectivity index (χ3n) is 3.11. The van der Waals surface area contributed by atoms with Crippen LogP contribution in [0.1, 0.15) is 35.7 Å². The van der Waals surface area contributed by atoms with Gasteiger partial charge in [0.25, 0.3) is 0 Å². The van der Waals surface area contributed by atoms with E-state index in [0.717, 1.165) is 28.5 Å². The monoisotopic (exact) mass is 260 g/mol. The third kappa shape index (κ3) is 2.93. The van der Waals surface area contributed by atoms with Crippen LogP contribution in [0.25, 0.3) is 0 Å². The van der Waals surface area contributed by atoms with E-state index in [9.17, 15) is 0 Å². The lowest BCUT2D eigenvalue weighted by Gasteiger charge is -2.13. The van der Waals surface area contributed by atoms with Gasteiger partial charge in [-0.15, -0.1) is 0 Å². The van der Waals surface area contributed by atoms with Crippen molar-refractivity contribution in [1.82, 2.24) is 14.8 Å². The van der Waals surface area contributed by atoms with Gasteiger partial charge < -0.3 is 10.5 Å². The summed E-state index contributed by atoms with van der Waals surface area (Å²) >= 11 is 0. The van der Waals surface area contributed by atoms with E-state index in [4.69, 9.17) is 10.5 Å². The zero-order chi connectivity index (χ0) is 14.0. The maximum absolute atomic E-state index is 5.93. The molecule has 0 saturated heterocycles. The molecule has 1 atom stereocenters. The predicted octanol–water partition coefficient (Wildman–Crippen LogP) is 1.97. The first-order valence-electron chi connectivity index (χ1n) is 6.31. The van der Waals surface area contributed by atoms with Gasteiger partial charge in [-0.05, 0) is 38.5 Å². The molecule has 2 aromatic rings. The molecule has 102 valence electrons. The number of aryl methyl sites for hydroxylation is 2. The zero-order valence-electron chi connectivity index (χ0n) is 11.8. The SMILES string of the molecule is COc1ccc(C(C)N)cc1Cn1nc(C)nc1C. The molecule has 5 nitrogen and oxygen atoms in total. The van der Waals surface area contributed by atoms with Crippen LogP contribution < -0.4 is 10.5 Å². The Balaban J connectivity index is 2.37. The molecule has 0 aliphatic carbocycles. The van der Waals surface area contributed by atoms with Gasteiger partial charge >= 0.3 is 0 Å². The number of benzene rings is 1. The molecule has 0 saturated carbocycles. The molecule has 1 heterocycles. The van der Waals surface area contributed by atoms with Gasteiger partial charge in [-0.2, -0.15) is 5.10 Å². The minimum atomic E-state index is 0.00300. The first-order chi connectivity index (χ1) is 9.01. The quantitative estimate of drug-likeness (QED) is 0.912. The molecule has 0 aliphatic rings. The van der Waals surface area contributed by atoms with E-state index in [-0.39, 0.29) is 6.04 Å². The van der Waals surface area contributed by atoms with Gasteiger partial charge in [0.2, 0.25) is 0 Å². The van der Waals surface area contributed by atoms with Gasteiger partial charge in [0, 0.05) is 11.6 Å². The Hall–Kier alpha value is -1.88. The average molecular weight is 260 g/mol. The summed E-state index contributed by atoms with van der Waals surface area (Å²) in [5.41, 5.74) is 8.07. The standard InChI is InChI=1S/C14H20N4O/c1-9(15)12-5-6-14(19-4)13(7-12)8-18-11(3)16-10(2)17-18/h5-7,9H,8,15H2,1-4H3. The molecule has 1 aromatic carbocycles. The number of ether oxygens (including phenoxy) is 1. The van der Waals surface area contributed by atoms with Crippen molar-refractivity contribution in [2.24, 2.45) is 5.73 Å². The number of methoxy groups -OCH3 is 1. The van der Waals surface area contributed by atoms with E-state index >= 15 is 0 Å². The fraction of sp³-hybridized carbons (Fsp3) is 0.429. The first-order valence-corrected chi connectivity index (χ1v) is 6.31. The Bertz CT molecular complexity index is 575. The molecular weight excluding hydrogens is 240 g/mol. The van der Waals surface area contributed by atoms with Gasteiger partial charge in [0.15, 0.2) is 0 Å². The lowest BCUT2D eigenvalue weighted by atomic mass is 10.0. The summed E-state index contributed by atoms with van der Waals surface area (Å²) in [4.78, 5) is 4.31. The highest BCUT2D eigenvalue weighted by molar-refractivity contribution is 5.38. The number of aromatic nitrogens is 3. The maximum Gasteiger partial charge on any atom is 0.147 e. The summed E-state index contributed by atoms with van der Waals surface area (Å²) in [7, 11) is 1.67. The van der Waals surface area contributed by atoms with Crippen molar-refractivity contribution in [2.45, 2.75) is 33.4 Å². The molecule has 2 rings (SSSR count). The van der Waals surface area contributed by atoms with Crippen LogP contribution in [0.15, 0.2) is 18.2 Å². The Morgan fingerprint density at radius 2 is 2.11 bits per heavy atom. The van der Waals surface area contributed by atoms with Crippen LogP contribution >= 0.6 is 0 Å². The van der Waals surface area contributed by atoms with E-state index in [0.29, 0.717) is 6.54 Å². The molecule has 19 heavy (non-hydrogen) atoms. The highest BCUT2D eigenvalue weighted by Crippen LogP contribution is 2.23. The zero-order valence-corrected chi connectivity index (χ0v) is 11.8. The third-order valence-corrected chi connectivity index (χ3v) is 3.11. The van der Waals surface area contributed by atoms with Crippen molar-refractivity contribution in [2.75, 3.05) is 7.11 Å². The molecule has 0 amide bonds. The first kappa shape index (κ1) is 13.5. The topological polar surface area (TPSA) is 66.0 Å². The molecule has 0 bridgehead atoms. The van der Waals surface area contributed by atoms with Crippen LogP contribution in [0.4, 0.5) is 0 Å². The van der Waals surface area contributed by atoms with Crippen LogP contribution in [-0.4, -0.2) is 21.9 Å². The van der Waals surface area contributed by atoms with Gasteiger partial charge in [-0.3, -0.25) is 0 Å². The van der Waals surface area contributed by atoms with Crippen LogP contribution in [0.5, 0.6) is 5.75 Å². The Kier molecular flexibility index (Phi) is 3.85. The average Bonchev–Trinajstić information content (AvgIpc) is 2.67. The second kappa shape index (κ2) is 5.40. The molecule has 5 heteroatoms. The summed E-state index contributed by atoms with van der Waals surface area (Å²) in [6.07, 6.45) is 0. The largest absolute Gasteiger partial charge is 0.496 e. The second-order valence-corrected chi connectivity index (χ2v) is 4.72. The van der Waals surface area contributed by atoms with Gasteiger partial charge in [0.1, 0.15) is 17.4 Å². The molecule has 1 aromatic heterocycles. The molecule has 0 aliphatic heterocycles. The van der Waals surface area contributed by atoms with E-state index in [1.807, 2.05) is 37.6 Å². The van der Waals surface area contributed by atoms with E-state index in [1.165, 1.54) is 0 Å². The maximum atomic E-state index is 5.93. The summed E-state index contributed by atoms with van der Waals surface area (Å²) < 4.78 is 7.27. The number of hydrogen-bond acceptors (Lipinski definition) is 4. The molecular formula is C14H20N4O. The summed E-state index contributed by atoms with van der Waals surface area (Å²) in [5, 5.41) is 4.37. The summed E-state index contributed by atoms with van der Waals surface area (Å²) in [6, 6.07) is 6.02. The molecule has 0 spiro atoms. The summed E-state index contributed by atoms with van der Waals surface area (Å²) in [6.45, 7) is 6.44. The number of rotatable bonds is 4. The lowest BCUT2D eigenvalue weighted by Crippen LogP contribution is -2.09. The van der Waals surface area contributed by atoms with E-state index in [2.05, 4.69) is 16.1 Å². The molecule has 1 unspecified atom stereocenters. The van der Waals surface area contributed by atoms with Crippen LogP contribution in [-0.2, 0) is 6.54 Å². The van der Waals surface area contributed by atoms with Crippen molar-refractivity contribution in [1.29, 1.82) is 0 Å². The highest BCUT2D eigenvalue weighted by Gasteiger charge is 2.10. The second-order valence-electron chi connectivity index (χ2n) is 4.72. The lowest BCUT2D eigenvalue weighted by molar-refractivity contribution is 0.406.